The predicted molar refractivity (Wildman–Crippen MR) is 200 cm³/mol. The Hall–Kier alpha value is -6.00. The number of hydrogen-bond acceptors (Lipinski definition) is 12. The van der Waals surface area contributed by atoms with Crippen molar-refractivity contribution in [2.75, 3.05) is 38.9 Å². The second-order valence-electron chi connectivity index (χ2n) is 14.2. The van der Waals surface area contributed by atoms with Crippen LogP contribution in [-0.2, 0) is 18.3 Å². The van der Waals surface area contributed by atoms with E-state index in [1.54, 1.807) is 44.6 Å². The van der Waals surface area contributed by atoms with Crippen LogP contribution in [0.15, 0.2) is 64.2 Å². The highest BCUT2D eigenvalue weighted by Crippen LogP contribution is 2.43. The molecule has 2 aliphatic heterocycles. The molecule has 2 N–H and O–H groups in total. The third-order valence-electron chi connectivity index (χ3n) is 10.7. The van der Waals surface area contributed by atoms with Gasteiger partial charge in [-0.3, -0.25) is 9.58 Å². The summed E-state index contributed by atoms with van der Waals surface area (Å²) in [5.74, 6) is 0.190. The van der Waals surface area contributed by atoms with Crippen molar-refractivity contribution >= 4 is 38.5 Å². The van der Waals surface area contributed by atoms with Gasteiger partial charge in [0.2, 0.25) is 0 Å². The molecule has 7 aromatic rings. The van der Waals surface area contributed by atoms with Gasteiger partial charge in [0, 0.05) is 73.5 Å². The Morgan fingerprint density at radius 2 is 2.05 bits per heavy atom. The summed E-state index contributed by atoms with van der Waals surface area (Å²) in [5.41, 5.74) is 1.99. The van der Waals surface area contributed by atoms with E-state index in [4.69, 9.17) is 28.6 Å². The van der Waals surface area contributed by atoms with Gasteiger partial charge in [0.15, 0.2) is 6.79 Å². The molecule has 2 aliphatic rings. The standard InChI is InChI=1S/C39H37F2N9O5/c1-21-33-32(37(51)55-34(21)27-13-25(54-20-52-3)12-22-7-8-28(41)31(30(22)27)29-18-49(2)48-47-29)36(44-16-23-15-43-35-26(23)6-4-10-42-35)46-38(45-33)53-19-39-9-5-11-50(39)17-24(40)14-39/h4,6-8,10,12-13,15,18,24H,5,9,11,14,16-17,19-20H2,1-3H3,(H,42,43)(H,44,45,46)/t24-,39+/m1/s1. The second kappa shape index (κ2) is 13.7. The predicted octanol–water partition coefficient (Wildman–Crippen LogP) is 6.07. The summed E-state index contributed by atoms with van der Waals surface area (Å²) < 4.78 is 55.6. The van der Waals surface area contributed by atoms with E-state index in [9.17, 15) is 9.18 Å². The number of halogens is 2. The van der Waals surface area contributed by atoms with Gasteiger partial charge in [0.1, 0.15) is 52.7 Å². The van der Waals surface area contributed by atoms with Crippen molar-refractivity contribution in [2.24, 2.45) is 7.05 Å². The fraction of sp³-hybridized carbons (Fsp3) is 0.333. The fourth-order valence-electron chi connectivity index (χ4n) is 8.18. The van der Waals surface area contributed by atoms with Crippen molar-refractivity contribution < 1.29 is 27.4 Å². The van der Waals surface area contributed by atoms with Crippen molar-refractivity contribution in [3.05, 3.63) is 82.4 Å². The average molecular weight is 750 g/mol. The van der Waals surface area contributed by atoms with Crippen LogP contribution in [0.2, 0.25) is 0 Å². The molecule has 0 saturated carbocycles. The Bertz CT molecular complexity index is 2660. The lowest BCUT2D eigenvalue weighted by Crippen LogP contribution is -2.43. The smallest absolute Gasteiger partial charge is 0.349 e. The van der Waals surface area contributed by atoms with E-state index in [1.807, 2.05) is 18.3 Å². The number of pyridine rings is 1. The number of fused-ring (bicyclic) bond motifs is 4. The summed E-state index contributed by atoms with van der Waals surface area (Å²) in [5, 5.41) is 13.6. The molecule has 0 bridgehead atoms. The minimum Gasteiger partial charge on any atom is -0.468 e. The number of alkyl halides is 1. The largest absolute Gasteiger partial charge is 0.468 e. The van der Waals surface area contributed by atoms with Crippen LogP contribution in [0.5, 0.6) is 11.8 Å². The maximum atomic E-state index is 15.9. The van der Waals surface area contributed by atoms with Crippen molar-refractivity contribution in [2.45, 2.75) is 44.4 Å². The van der Waals surface area contributed by atoms with Crippen LogP contribution in [0.25, 0.3) is 55.3 Å². The van der Waals surface area contributed by atoms with Crippen LogP contribution in [0, 0.1) is 12.7 Å². The number of H-pyrrole nitrogens is 1. The summed E-state index contributed by atoms with van der Waals surface area (Å²) >= 11 is 0. The first-order valence-electron chi connectivity index (χ1n) is 18.0. The third kappa shape index (κ3) is 6.10. The molecule has 2 saturated heterocycles. The first kappa shape index (κ1) is 34.7. The number of nitrogens with zero attached hydrogens (tertiary/aromatic N) is 7. The van der Waals surface area contributed by atoms with E-state index < -0.39 is 23.2 Å². The summed E-state index contributed by atoms with van der Waals surface area (Å²) in [4.78, 5) is 33.5. The zero-order chi connectivity index (χ0) is 37.8. The van der Waals surface area contributed by atoms with E-state index in [1.165, 1.54) is 17.9 Å². The lowest BCUT2D eigenvalue weighted by molar-refractivity contribution is 0.0512. The molecule has 55 heavy (non-hydrogen) atoms. The Morgan fingerprint density at radius 3 is 2.89 bits per heavy atom. The minimum absolute atomic E-state index is 0.0205. The maximum Gasteiger partial charge on any atom is 0.349 e. The van der Waals surface area contributed by atoms with Crippen LogP contribution < -0.4 is 20.4 Å². The van der Waals surface area contributed by atoms with Gasteiger partial charge < -0.3 is 28.9 Å². The molecule has 282 valence electrons. The molecule has 14 nitrogen and oxygen atoms in total. The van der Waals surface area contributed by atoms with Gasteiger partial charge in [-0.05, 0) is 67.6 Å². The number of anilines is 1. The van der Waals surface area contributed by atoms with Gasteiger partial charge in [-0.1, -0.05) is 11.3 Å². The van der Waals surface area contributed by atoms with Gasteiger partial charge >= 0.3 is 11.6 Å². The highest BCUT2D eigenvalue weighted by atomic mass is 19.1. The Kier molecular flexibility index (Phi) is 8.65. The number of ether oxygens (including phenoxy) is 3. The summed E-state index contributed by atoms with van der Waals surface area (Å²) in [7, 11) is 3.19. The number of aromatic amines is 1. The molecule has 2 fully saturated rings. The molecule has 2 atom stereocenters. The first-order valence-corrected chi connectivity index (χ1v) is 18.0. The lowest BCUT2D eigenvalue weighted by Gasteiger charge is -2.30. The molecule has 0 amide bonds. The Balaban J connectivity index is 1.22. The lowest BCUT2D eigenvalue weighted by atomic mass is 9.93. The highest BCUT2D eigenvalue weighted by molar-refractivity contribution is 6.07. The third-order valence-corrected chi connectivity index (χ3v) is 10.7. The molecule has 0 unspecified atom stereocenters. The molecule has 7 heterocycles. The summed E-state index contributed by atoms with van der Waals surface area (Å²) in [6.07, 6.45) is 6.34. The Morgan fingerprint density at radius 1 is 1.16 bits per heavy atom. The van der Waals surface area contributed by atoms with Crippen molar-refractivity contribution in [1.29, 1.82) is 0 Å². The fourth-order valence-corrected chi connectivity index (χ4v) is 8.18. The second-order valence-corrected chi connectivity index (χ2v) is 14.2. The van der Waals surface area contributed by atoms with Gasteiger partial charge in [0.25, 0.3) is 0 Å². The zero-order valence-corrected chi connectivity index (χ0v) is 30.4. The maximum absolute atomic E-state index is 15.9. The van der Waals surface area contributed by atoms with E-state index in [0.717, 1.165) is 36.0 Å². The molecule has 9 rings (SSSR count). The van der Waals surface area contributed by atoms with E-state index in [-0.39, 0.29) is 59.7 Å². The molecule has 16 heteroatoms. The molecule has 0 spiro atoms. The minimum atomic E-state index is -0.936. The summed E-state index contributed by atoms with van der Waals surface area (Å²) in [6.45, 7) is 3.35. The summed E-state index contributed by atoms with van der Waals surface area (Å²) in [6, 6.07) is 10.2. The quantitative estimate of drug-likeness (QED) is 0.147. The number of aryl methyl sites for hydroxylation is 2. The monoisotopic (exact) mass is 749 g/mol. The van der Waals surface area contributed by atoms with E-state index in [2.05, 4.69) is 30.5 Å². The van der Waals surface area contributed by atoms with Crippen LogP contribution in [0.3, 0.4) is 0 Å². The number of aromatic nitrogens is 7. The topological polar surface area (TPSA) is 158 Å². The SMILES string of the molecule is COCOc1cc(-c2oc(=O)c3c(NCc4c[nH]c5ncccc45)nc(OC[C@@]45CCCN4C[C@H](F)C5)nc3c2C)c2c(-c3cn(C)nn3)c(F)ccc2c1. The van der Waals surface area contributed by atoms with Crippen LogP contribution in [0.1, 0.15) is 30.4 Å². The van der Waals surface area contributed by atoms with E-state index in [0.29, 0.717) is 40.6 Å². The van der Waals surface area contributed by atoms with E-state index >= 15 is 4.39 Å². The Labute approximate surface area is 312 Å². The molecule has 5 aromatic heterocycles. The van der Waals surface area contributed by atoms with Gasteiger partial charge in [-0.15, -0.1) is 5.10 Å². The molecular weight excluding hydrogens is 712 g/mol. The highest BCUT2D eigenvalue weighted by Gasteiger charge is 2.49. The normalized spacial score (nSPS) is 18.5. The molecular formula is C39H37F2N9O5. The van der Waals surface area contributed by atoms with Gasteiger partial charge in [-0.25, -0.2) is 18.6 Å². The number of rotatable bonds is 11. The van der Waals surface area contributed by atoms with Crippen molar-refractivity contribution in [3.63, 3.8) is 0 Å². The van der Waals surface area contributed by atoms with Crippen molar-refractivity contribution in [3.8, 4) is 34.3 Å². The first-order chi connectivity index (χ1) is 26.7. The van der Waals surface area contributed by atoms with Gasteiger partial charge in [0.05, 0.1) is 17.3 Å². The molecule has 0 aliphatic carbocycles. The van der Waals surface area contributed by atoms with Gasteiger partial charge in [-0.2, -0.15) is 9.97 Å². The number of benzene rings is 2. The zero-order valence-electron chi connectivity index (χ0n) is 30.4. The van der Waals surface area contributed by atoms with Crippen LogP contribution >= 0.6 is 0 Å². The van der Waals surface area contributed by atoms with Crippen LogP contribution in [0.4, 0.5) is 14.6 Å². The van der Waals surface area contributed by atoms with Crippen LogP contribution in [-0.4, -0.2) is 85.1 Å². The number of hydrogen-bond donors (Lipinski definition) is 2. The number of methoxy groups -OCH3 is 1. The number of nitrogens with one attached hydrogen (secondary N) is 2. The molecule has 2 aromatic carbocycles. The average Bonchev–Trinajstić information content (AvgIpc) is 3.96. The molecule has 0 radical (unpaired) electrons. The van der Waals surface area contributed by atoms with Crippen molar-refractivity contribution in [1.82, 2.24) is 39.8 Å².